The molecule has 116 valence electrons. The molecule has 2 rings (SSSR count). The Hall–Kier alpha value is -2.63. The summed E-state index contributed by atoms with van der Waals surface area (Å²) in [4.78, 5) is 34.6. The Bertz CT molecular complexity index is 650. The van der Waals surface area contributed by atoms with Crippen LogP contribution in [0.2, 0.25) is 0 Å². The number of aryl methyl sites for hydroxylation is 1. The summed E-state index contributed by atoms with van der Waals surface area (Å²) in [7, 11) is 0. The van der Waals surface area contributed by atoms with E-state index in [9.17, 15) is 19.5 Å². The summed E-state index contributed by atoms with van der Waals surface area (Å²) in [5, 5.41) is 20.9. The molecule has 0 spiro atoms. The lowest BCUT2D eigenvalue weighted by atomic mass is 9.82. The fraction of sp³-hybridized carbons (Fsp3) is 0.312. The number of hydrogen-bond acceptors (Lipinski definition) is 3. The van der Waals surface area contributed by atoms with Crippen LogP contribution in [0.1, 0.15) is 28.8 Å². The standard InChI is InChI=1S/C16H17NO5/c1-9-6-7-10(15(19)20)8-13(9)17-14(18)11-4-2-3-5-12(11)16(21)22/h2-3,6-8,11-12H,4-5H2,1H3,(H,17,18)(H,19,20)(H,21,22)/t11-,12-/m1/s1. The van der Waals surface area contributed by atoms with Gasteiger partial charge in [0, 0.05) is 5.69 Å². The third kappa shape index (κ3) is 3.33. The Morgan fingerprint density at radius 3 is 2.32 bits per heavy atom. The zero-order valence-electron chi connectivity index (χ0n) is 12.1. The Labute approximate surface area is 127 Å². The molecule has 1 aromatic rings. The lowest BCUT2D eigenvalue weighted by molar-refractivity contribution is -0.146. The second-order valence-corrected chi connectivity index (χ2v) is 5.32. The minimum atomic E-state index is -1.08. The maximum Gasteiger partial charge on any atom is 0.335 e. The first kappa shape index (κ1) is 15.8. The smallest absolute Gasteiger partial charge is 0.335 e. The van der Waals surface area contributed by atoms with E-state index in [4.69, 9.17) is 5.11 Å². The molecule has 6 nitrogen and oxygen atoms in total. The van der Waals surface area contributed by atoms with Crippen LogP contribution in [0.3, 0.4) is 0 Å². The number of benzene rings is 1. The Balaban J connectivity index is 2.21. The van der Waals surface area contributed by atoms with Crippen LogP contribution < -0.4 is 5.32 Å². The number of allylic oxidation sites excluding steroid dienone is 2. The molecule has 2 atom stereocenters. The molecule has 1 aliphatic carbocycles. The fourth-order valence-electron chi connectivity index (χ4n) is 2.49. The van der Waals surface area contributed by atoms with Crippen LogP contribution in [-0.4, -0.2) is 28.1 Å². The summed E-state index contributed by atoms with van der Waals surface area (Å²) in [6.07, 6.45) is 4.24. The number of carboxylic acid groups (broad SMARTS) is 2. The van der Waals surface area contributed by atoms with Crippen molar-refractivity contribution in [3.05, 3.63) is 41.5 Å². The maximum absolute atomic E-state index is 12.4. The largest absolute Gasteiger partial charge is 0.481 e. The highest BCUT2D eigenvalue weighted by molar-refractivity contribution is 5.97. The van der Waals surface area contributed by atoms with Gasteiger partial charge in [0.2, 0.25) is 5.91 Å². The third-order valence-corrected chi connectivity index (χ3v) is 3.83. The molecule has 0 radical (unpaired) electrons. The Morgan fingerprint density at radius 2 is 1.73 bits per heavy atom. The molecule has 0 aromatic heterocycles. The van der Waals surface area contributed by atoms with E-state index < -0.39 is 29.7 Å². The highest BCUT2D eigenvalue weighted by Crippen LogP contribution is 2.28. The zero-order chi connectivity index (χ0) is 16.3. The number of amides is 1. The van der Waals surface area contributed by atoms with E-state index in [1.54, 1.807) is 25.1 Å². The molecular weight excluding hydrogens is 286 g/mol. The average molecular weight is 303 g/mol. The second-order valence-electron chi connectivity index (χ2n) is 5.32. The summed E-state index contributed by atoms with van der Waals surface area (Å²) >= 11 is 0. The van der Waals surface area contributed by atoms with Gasteiger partial charge in [0.25, 0.3) is 0 Å². The topological polar surface area (TPSA) is 104 Å². The van der Waals surface area contributed by atoms with Crippen molar-refractivity contribution in [3.63, 3.8) is 0 Å². The molecule has 22 heavy (non-hydrogen) atoms. The molecule has 1 amide bonds. The molecule has 1 aliphatic rings. The van der Waals surface area contributed by atoms with Crippen LogP contribution in [-0.2, 0) is 9.59 Å². The summed E-state index contributed by atoms with van der Waals surface area (Å²) in [6.45, 7) is 1.75. The monoisotopic (exact) mass is 303 g/mol. The molecular formula is C16H17NO5. The number of aromatic carboxylic acids is 1. The predicted molar refractivity (Wildman–Crippen MR) is 79.8 cm³/mol. The third-order valence-electron chi connectivity index (χ3n) is 3.83. The fourth-order valence-corrected chi connectivity index (χ4v) is 2.49. The van der Waals surface area contributed by atoms with Crippen LogP contribution in [0, 0.1) is 18.8 Å². The molecule has 0 bridgehead atoms. The van der Waals surface area contributed by atoms with Gasteiger partial charge in [-0.05, 0) is 37.5 Å². The van der Waals surface area contributed by atoms with Crippen LogP contribution in [0.4, 0.5) is 5.69 Å². The molecule has 3 N–H and O–H groups in total. The van der Waals surface area contributed by atoms with Gasteiger partial charge >= 0.3 is 11.9 Å². The number of hydrogen-bond donors (Lipinski definition) is 3. The zero-order valence-corrected chi connectivity index (χ0v) is 12.1. The van der Waals surface area contributed by atoms with Crippen molar-refractivity contribution < 1.29 is 24.6 Å². The van der Waals surface area contributed by atoms with E-state index in [2.05, 4.69) is 5.32 Å². The van der Waals surface area contributed by atoms with Crippen molar-refractivity contribution in [1.29, 1.82) is 0 Å². The van der Waals surface area contributed by atoms with E-state index in [1.165, 1.54) is 12.1 Å². The number of anilines is 1. The van der Waals surface area contributed by atoms with Crippen LogP contribution in [0.25, 0.3) is 0 Å². The lowest BCUT2D eigenvalue weighted by Gasteiger charge is -2.24. The normalized spacial score (nSPS) is 20.4. The van der Waals surface area contributed by atoms with Crippen molar-refractivity contribution in [2.45, 2.75) is 19.8 Å². The van der Waals surface area contributed by atoms with E-state index in [0.717, 1.165) is 5.56 Å². The van der Waals surface area contributed by atoms with Gasteiger partial charge in [0.05, 0.1) is 17.4 Å². The van der Waals surface area contributed by atoms with Gasteiger partial charge in [0.15, 0.2) is 0 Å². The number of carboxylic acids is 2. The number of carbonyl (C=O) groups is 3. The van der Waals surface area contributed by atoms with Crippen molar-refractivity contribution >= 4 is 23.5 Å². The quantitative estimate of drug-likeness (QED) is 0.740. The number of aliphatic carboxylic acids is 1. The van der Waals surface area contributed by atoms with Crippen LogP contribution in [0.15, 0.2) is 30.4 Å². The maximum atomic E-state index is 12.4. The summed E-state index contributed by atoms with van der Waals surface area (Å²) in [5.74, 6) is -3.90. The Morgan fingerprint density at radius 1 is 1.09 bits per heavy atom. The molecule has 0 fully saturated rings. The van der Waals surface area contributed by atoms with Gasteiger partial charge in [-0.1, -0.05) is 18.2 Å². The molecule has 0 saturated heterocycles. The molecule has 0 aliphatic heterocycles. The van der Waals surface area contributed by atoms with Gasteiger partial charge in [0.1, 0.15) is 0 Å². The highest BCUT2D eigenvalue weighted by atomic mass is 16.4. The summed E-state index contributed by atoms with van der Waals surface area (Å²) < 4.78 is 0. The summed E-state index contributed by atoms with van der Waals surface area (Å²) in [5.41, 5.74) is 1.18. The number of carbonyl (C=O) groups excluding carboxylic acids is 1. The molecule has 0 saturated carbocycles. The average Bonchev–Trinajstić information content (AvgIpc) is 2.49. The van der Waals surface area contributed by atoms with Crippen molar-refractivity contribution in [1.82, 2.24) is 0 Å². The first-order valence-corrected chi connectivity index (χ1v) is 6.92. The van der Waals surface area contributed by atoms with Gasteiger partial charge in [-0.3, -0.25) is 9.59 Å². The molecule has 1 aromatic carbocycles. The van der Waals surface area contributed by atoms with E-state index in [0.29, 0.717) is 18.5 Å². The predicted octanol–water partition coefficient (Wildman–Crippen LogP) is 2.30. The summed E-state index contributed by atoms with van der Waals surface area (Å²) in [6, 6.07) is 4.44. The van der Waals surface area contributed by atoms with Crippen LogP contribution in [0.5, 0.6) is 0 Å². The first-order chi connectivity index (χ1) is 10.4. The Kier molecular flexibility index (Phi) is 4.60. The molecule has 0 heterocycles. The van der Waals surface area contributed by atoms with Gasteiger partial charge < -0.3 is 15.5 Å². The number of nitrogens with one attached hydrogen (secondary N) is 1. The first-order valence-electron chi connectivity index (χ1n) is 6.92. The SMILES string of the molecule is Cc1ccc(C(=O)O)cc1NC(=O)[C@@H]1CC=CC[C@H]1C(=O)O. The minimum Gasteiger partial charge on any atom is -0.481 e. The van der Waals surface area contributed by atoms with E-state index >= 15 is 0 Å². The van der Waals surface area contributed by atoms with Crippen molar-refractivity contribution in [2.24, 2.45) is 11.8 Å². The van der Waals surface area contributed by atoms with Gasteiger partial charge in [-0.15, -0.1) is 0 Å². The van der Waals surface area contributed by atoms with E-state index in [-0.39, 0.29) is 5.56 Å². The molecule has 6 heteroatoms. The van der Waals surface area contributed by atoms with Crippen LogP contribution >= 0.6 is 0 Å². The van der Waals surface area contributed by atoms with Crippen molar-refractivity contribution in [3.8, 4) is 0 Å². The van der Waals surface area contributed by atoms with E-state index in [1.807, 2.05) is 0 Å². The number of rotatable bonds is 4. The minimum absolute atomic E-state index is 0.0687. The lowest BCUT2D eigenvalue weighted by Crippen LogP contribution is -2.34. The van der Waals surface area contributed by atoms with Gasteiger partial charge in [-0.2, -0.15) is 0 Å². The highest BCUT2D eigenvalue weighted by Gasteiger charge is 2.34. The van der Waals surface area contributed by atoms with Crippen molar-refractivity contribution in [2.75, 3.05) is 5.32 Å². The van der Waals surface area contributed by atoms with Gasteiger partial charge in [-0.25, -0.2) is 4.79 Å². The second kappa shape index (κ2) is 6.43. The molecule has 0 unspecified atom stereocenters.